The van der Waals surface area contributed by atoms with E-state index in [1.807, 2.05) is 24.3 Å². The third kappa shape index (κ3) is 2.67. The van der Waals surface area contributed by atoms with Crippen LogP contribution in [-0.2, 0) is 4.79 Å². The number of para-hydroxylation sites is 1. The van der Waals surface area contributed by atoms with Crippen LogP contribution in [0.1, 0.15) is 17.9 Å². The number of aromatic hydroxyl groups is 1. The number of nitrogens with one attached hydrogen (secondary N) is 1. The quantitative estimate of drug-likeness (QED) is 0.835. The topological polar surface area (TPSA) is 58.6 Å². The summed E-state index contributed by atoms with van der Waals surface area (Å²) in [7, 11) is 0. The smallest absolute Gasteiger partial charge is 0.232 e. The summed E-state index contributed by atoms with van der Waals surface area (Å²) >= 11 is 0. The van der Waals surface area contributed by atoms with Gasteiger partial charge in [0.05, 0.1) is 18.2 Å². The van der Waals surface area contributed by atoms with Crippen LogP contribution >= 0.6 is 0 Å². The number of rotatable bonds is 2. The normalized spacial score (nSPS) is 16.7. The lowest BCUT2D eigenvalue weighted by Gasteiger charge is -2.25. The Morgan fingerprint density at radius 1 is 1.29 bits per heavy atom. The number of fused-ring (bicyclic) bond motifs is 1. The third-order valence-corrected chi connectivity index (χ3v) is 3.49. The largest absolute Gasteiger partial charge is 0.506 e. The van der Waals surface area contributed by atoms with Crippen LogP contribution in [0.2, 0.25) is 0 Å². The lowest BCUT2D eigenvalue weighted by Crippen LogP contribution is -2.26. The number of phenols is 1. The summed E-state index contributed by atoms with van der Waals surface area (Å²) < 4.78 is 18.7. The van der Waals surface area contributed by atoms with Gasteiger partial charge in [0, 0.05) is 11.6 Å². The first kappa shape index (κ1) is 13.4. The molecule has 1 unspecified atom stereocenters. The van der Waals surface area contributed by atoms with E-state index in [4.69, 9.17) is 4.74 Å². The second-order valence-electron chi connectivity index (χ2n) is 4.88. The minimum absolute atomic E-state index is 0.0731. The van der Waals surface area contributed by atoms with Crippen LogP contribution in [0.15, 0.2) is 42.5 Å². The minimum Gasteiger partial charge on any atom is -0.506 e. The Hall–Kier alpha value is -2.56. The summed E-state index contributed by atoms with van der Waals surface area (Å²) in [6.45, 7) is 0.449. The Bertz CT molecular complexity index is 687. The van der Waals surface area contributed by atoms with E-state index in [0.29, 0.717) is 18.8 Å². The van der Waals surface area contributed by atoms with Gasteiger partial charge in [-0.2, -0.15) is 0 Å². The van der Waals surface area contributed by atoms with Crippen molar-refractivity contribution >= 4 is 11.6 Å². The molecule has 1 amide bonds. The molecule has 0 spiro atoms. The van der Waals surface area contributed by atoms with E-state index in [1.54, 1.807) is 0 Å². The van der Waals surface area contributed by atoms with E-state index in [0.717, 1.165) is 17.7 Å². The molecule has 0 bridgehead atoms. The zero-order valence-corrected chi connectivity index (χ0v) is 11.2. The first-order valence-corrected chi connectivity index (χ1v) is 6.66. The van der Waals surface area contributed by atoms with Crippen molar-refractivity contribution in [3.63, 3.8) is 0 Å². The van der Waals surface area contributed by atoms with Crippen molar-refractivity contribution in [3.8, 4) is 11.5 Å². The van der Waals surface area contributed by atoms with Gasteiger partial charge in [0.15, 0.2) is 0 Å². The van der Waals surface area contributed by atoms with Crippen molar-refractivity contribution < 1.29 is 19.0 Å². The number of carbonyl (C=O) groups is 1. The number of ether oxygens (including phenoxy) is 1. The van der Waals surface area contributed by atoms with E-state index in [-0.39, 0.29) is 23.3 Å². The maximum atomic E-state index is 13.2. The van der Waals surface area contributed by atoms with Crippen molar-refractivity contribution in [1.29, 1.82) is 0 Å². The zero-order chi connectivity index (χ0) is 14.8. The van der Waals surface area contributed by atoms with Crippen molar-refractivity contribution in [2.45, 2.75) is 12.3 Å². The molecule has 2 N–H and O–H groups in total. The van der Waals surface area contributed by atoms with Gasteiger partial charge in [-0.3, -0.25) is 4.79 Å². The van der Waals surface area contributed by atoms with Crippen molar-refractivity contribution in [3.05, 3.63) is 53.8 Å². The van der Waals surface area contributed by atoms with E-state index >= 15 is 0 Å². The van der Waals surface area contributed by atoms with Gasteiger partial charge in [0.2, 0.25) is 5.91 Å². The lowest BCUT2D eigenvalue weighted by molar-refractivity contribution is -0.118. The Labute approximate surface area is 121 Å². The fourth-order valence-electron chi connectivity index (χ4n) is 2.44. The van der Waals surface area contributed by atoms with E-state index < -0.39 is 5.82 Å². The fraction of sp³-hybridized carbons (Fsp3) is 0.188. The molecule has 0 saturated heterocycles. The molecule has 2 aromatic rings. The summed E-state index contributed by atoms with van der Waals surface area (Å²) in [5.41, 5.74) is 0.876. The van der Waals surface area contributed by atoms with Crippen molar-refractivity contribution in [2.24, 2.45) is 0 Å². The van der Waals surface area contributed by atoms with Gasteiger partial charge < -0.3 is 15.2 Å². The number of benzene rings is 2. The van der Waals surface area contributed by atoms with E-state index in [1.165, 1.54) is 6.07 Å². The molecule has 0 aliphatic carbocycles. The molecule has 0 radical (unpaired) electrons. The molecule has 21 heavy (non-hydrogen) atoms. The average Bonchev–Trinajstić information content (AvgIpc) is 2.50. The van der Waals surface area contributed by atoms with Gasteiger partial charge in [-0.05, 0) is 24.6 Å². The fourth-order valence-corrected chi connectivity index (χ4v) is 2.44. The average molecular weight is 287 g/mol. The number of hydrogen-bond donors (Lipinski definition) is 2. The second kappa shape index (κ2) is 5.44. The highest BCUT2D eigenvalue weighted by molar-refractivity contribution is 5.97. The number of carbonyl (C=O) groups excluding carboxylic acids is 1. The number of anilines is 1. The molecule has 4 nitrogen and oxygen atoms in total. The third-order valence-electron chi connectivity index (χ3n) is 3.49. The maximum Gasteiger partial charge on any atom is 0.232 e. The molecule has 2 aromatic carbocycles. The Morgan fingerprint density at radius 3 is 2.95 bits per heavy atom. The molecule has 108 valence electrons. The predicted octanol–water partition coefficient (Wildman–Crippen LogP) is 3.04. The van der Waals surface area contributed by atoms with Gasteiger partial charge in [0.1, 0.15) is 17.3 Å². The van der Waals surface area contributed by atoms with Crippen LogP contribution in [-0.4, -0.2) is 17.6 Å². The summed E-state index contributed by atoms with van der Waals surface area (Å²) in [4.78, 5) is 12.4. The van der Waals surface area contributed by atoms with Crippen LogP contribution in [0.3, 0.4) is 0 Å². The maximum absolute atomic E-state index is 13.2. The SMILES string of the molecule is O=C(Nc1cc(F)ccc1O)C1CCOc2ccccc21. The first-order chi connectivity index (χ1) is 10.1. The standard InChI is InChI=1S/C16H14FNO3/c17-10-5-6-14(19)13(9-10)18-16(20)12-7-8-21-15-4-2-1-3-11(12)15/h1-6,9,12,19H,7-8H2,(H,18,20). The second-order valence-corrected chi connectivity index (χ2v) is 4.88. The van der Waals surface area contributed by atoms with Crippen LogP contribution in [0.5, 0.6) is 11.5 Å². The minimum atomic E-state index is -0.518. The number of halogens is 1. The Morgan fingerprint density at radius 2 is 2.10 bits per heavy atom. The zero-order valence-electron chi connectivity index (χ0n) is 11.2. The molecule has 5 heteroatoms. The van der Waals surface area contributed by atoms with Crippen molar-refractivity contribution in [2.75, 3.05) is 11.9 Å². The first-order valence-electron chi connectivity index (χ1n) is 6.66. The Balaban J connectivity index is 1.85. The van der Waals surface area contributed by atoms with Gasteiger partial charge in [0.25, 0.3) is 0 Å². The van der Waals surface area contributed by atoms with Crippen molar-refractivity contribution in [1.82, 2.24) is 0 Å². The highest BCUT2D eigenvalue weighted by Gasteiger charge is 2.27. The molecule has 3 rings (SSSR count). The lowest BCUT2D eigenvalue weighted by atomic mass is 9.92. The van der Waals surface area contributed by atoms with Crippen LogP contribution in [0.4, 0.5) is 10.1 Å². The highest BCUT2D eigenvalue weighted by Crippen LogP contribution is 2.35. The molecule has 0 saturated carbocycles. The number of phenolic OH excluding ortho intramolecular Hbond substituents is 1. The molecule has 1 aliphatic heterocycles. The summed E-state index contributed by atoms with van der Waals surface area (Å²) in [6, 6.07) is 10.8. The van der Waals surface area contributed by atoms with E-state index in [9.17, 15) is 14.3 Å². The van der Waals surface area contributed by atoms with E-state index in [2.05, 4.69) is 5.32 Å². The predicted molar refractivity (Wildman–Crippen MR) is 76.0 cm³/mol. The molecule has 1 aliphatic rings. The van der Waals surface area contributed by atoms with Crippen LogP contribution in [0, 0.1) is 5.82 Å². The molecule has 0 fully saturated rings. The summed E-state index contributed by atoms with van der Waals surface area (Å²) in [6.07, 6.45) is 0.541. The number of amides is 1. The molecule has 0 aromatic heterocycles. The summed E-state index contributed by atoms with van der Waals surface area (Å²) in [5.74, 6) is -0.655. The van der Waals surface area contributed by atoms with Gasteiger partial charge >= 0.3 is 0 Å². The molecular weight excluding hydrogens is 273 g/mol. The number of hydrogen-bond acceptors (Lipinski definition) is 3. The molecular formula is C16H14FNO3. The monoisotopic (exact) mass is 287 g/mol. The molecule has 1 heterocycles. The van der Waals surface area contributed by atoms with Crippen LogP contribution in [0.25, 0.3) is 0 Å². The Kier molecular flexibility index (Phi) is 3.48. The summed E-state index contributed by atoms with van der Waals surface area (Å²) in [5, 5.41) is 12.2. The van der Waals surface area contributed by atoms with Gasteiger partial charge in [-0.15, -0.1) is 0 Å². The highest BCUT2D eigenvalue weighted by atomic mass is 19.1. The molecule has 1 atom stereocenters. The van der Waals surface area contributed by atoms with Gasteiger partial charge in [-0.25, -0.2) is 4.39 Å². The van der Waals surface area contributed by atoms with Gasteiger partial charge in [-0.1, -0.05) is 18.2 Å². The van der Waals surface area contributed by atoms with Crippen LogP contribution < -0.4 is 10.1 Å².